The van der Waals surface area contributed by atoms with Crippen molar-refractivity contribution in [3.05, 3.63) is 47.8 Å². The summed E-state index contributed by atoms with van der Waals surface area (Å²) < 4.78 is 0. The van der Waals surface area contributed by atoms with E-state index in [9.17, 15) is 15.0 Å². The molecule has 0 bridgehead atoms. The summed E-state index contributed by atoms with van der Waals surface area (Å²) >= 11 is 0. The van der Waals surface area contributed by atoms with Crippen LogP contribution in [0.2, 0.25) is 0 Å². The predicted octanol–water partition coefficient (Wildman–Crippen LogP) is 1.42. The van der Waals surface area contributed by atoms with E-state index in [2.05, 4.69) is 15.5 Å². The van der Waals surface area contributed by atoms with E-state index in [1.165, 1.54) is 17.0 Å². The molecule has 4 N–H and O–H groups in total. The zero-order chi connectivity index (χ0) is 16.7. The monoisotopic (exact) mass is 318 g/mol. The molecule has 2 amide bonds. The number of phenols is 1. The number of phenolic OH excluding ortho intramolecular Hbond substituents is 1. The number of aromatic hydroxyl groups is 1. The van der Waals surface area contributed by atoms with Crippen molar-refractivity contribution in [2.75, 3.05) is 19.6 Å². The number of carbonyl (C=O) groups is 1. The summed E-state index contributed by atoms with van der Waals surface area (Å²) in [5.74, 6) is 0.0918. The van der Waals surface area contributed by atoms with Crippen LogP contribution in [0.25, 0.3) is 0 Å². The van der Waals surface area contributed by atoms with Gasteiger partial charge in [0.15, 0.2) is 0 Å². The first-order valence-corrected chi connectivity index (χ1v) is 7.57. The number of urea groups is 1. The van der Waals surface area contributed by atoms with Gasteiger partial charge in [-0.25, -0.2) is 4.79 Å². The van der Waals surface area contributed by atoms with Gasteiger partial charge < -0.3 is 20.4 Å². The highest BCUT2D eigenvalue weighted by molar-refractivity contribution is 5.74. The Morgan fingerprint density at radius 1 is 1.48 bits per heavy atom. The normalized spacial score (nSPS) is 11.9. The molecule has 0 aliphatic rings. The van der Waals surface area contributed by atoms with E-state index < -0.39 is 6.10 Å². The molecule has 0 spiro atoms. The van der Waals surface area contributed by atoms with E-state index in [1.807, 2.05) is 6.92 Å². The summed E-state index contributed by atoms with van der Waals surface area (Å²) in [7, 11) is 0. The Bertz CT molecular complexity index is 616. The molecular formula is C16H22N4O3. The predicted molar refractivity (Wildman–Crippen MR) is 86.0 cm³/mol. The van der Waals surface area contributed by atoms with Crippen LogP contribution in [-0.2, 0) is 6.42 Å². The summed E-state index contributed by atoms with van der Waals surface area (Å²) in [6.07, 6.45) is 3.35. The van der Waals surface area contributed by atoms with Crippen LogP contribution in [0.1, 0.15) is 24.2 Å². The summed E-state index contributed by atoms with van der Waals surface area (Å²) in [4.78, 5) is 13.7. The average molecular weight is 318 g/mol. The fourth-order valence-corrected chi connectivity index (χ4v) is 2.24. The molecule has 2 aromatic rings. The van der Waals surface area contributed by atoms with Crippen LogP contribution in [0.15, 0.2) is 36.7 Å². The van der Waals surface area contributed by atoms with E-state index in [4.69, 9.17) is 0 Å². The Morgan fingerprint density at radius 2 is 2.30 bits per heavy atom. The summed E-state index contributed by atoms with van der Waals surface area (Å²) in [5, 5.41) is 29.1. The number of aromatic amines is 1. The number of hydrogen-bond acceptors (Lipinski definition) is 4. The second kappa shape index (κ2) is 8.19. The maximum absolute atomic E-state index is 12.2. The van der Waals surface area contributed by atoms with Crippen LogP contribution < -0.4 is 5.32 Å². The Labute approximate surface area is 135 Å². The van der Waals surface area contributed by atoms with Gasteiger partial charge in [0.25, 0.3) is 0 Å². The number of carbonyl (C=O) groups excluding carboxylic acids is 1. The van der Waals surface area contributed by atoms with Crippen LogP contribution >= 0.6 is 0 Å². The molecule has 0 saturated carbocycles. The molecule has 0 saturated heterocycles. The summed E-state index contributed by atoms with van der Waals surface area (Å²) in [6, 6.07) is 6.19. The van der Waals surface area contributed by atoms with E-state index in [1.54, 1.807) is 24.5 Å². The quantitative estimate of drug-likeness (QED) is 0.620. The van der Waals surface area contributed by atoms with Crippen molar-refractivity contribution in [2.45, 2.75) is 19.4 Å². The molecule has 0 aliphatic heterocycles. The number of benzene rings is 1. The highest BCUT2D eigenvalue weighted by Gasteiger charge is 2.17. The van der Waals surface area contributed by atoms with Crippen LogP contribution in [-0.4, -0.2) is 51.0 Å². The molecule has 2 rings (SSSR count). The van der Waals surface area contributed by atoms with Gasteiger partial charge in [-0.2, -0.15) is 5.10 Å². The number of aromatic nitrogens is 2. The molecule has 1 heterocycles. The van der Waals surface area contributed by atoms with Crippen molar-refractivity contribution in [1.29, 1.82) is 0 Å². The van der Waals surface area contributed by atoms with Crippen molar-refractivity contribution in [1.82, 2.24) is 20.4 Å². The molecule has 1 atom stereocenters. The van der Waals surface area contributed by atoms with E-state index in [-0.39, 0.29) is 18.3 Å². The van der Waals surface area contributed by atoms with Gasteiger partial charge in [-0.3, -0.25) is 5.10 Å². The van der Waals surface area contributed by atoms with Crippen LogP contribution in [0.5, 0.6) is 5.75 Å². The number of likely N-dealkylation sites (N-methyl/N-ethyl adjacent to an activating group) is 1. The summed E-state index contributed by atoms with van der Waals surface area (Å²) in [6.45, 7) is 2.99. The van der Waals surface area contributed by atoms with Crippen molar-refractivity contribution in [3.8, 4) is 5.75 Å². The minimum atomic E-state index is -0.846. The fraction of sp³-hybridized carbons (Fsp3) is 0.375. The van der Waals surface area contributed by atoms with Crippen LogP contribution in [0, 0.1) is 0 Å². The third-order valence-electron chi connectivity index (χ3n) is 3.56. The van der Waals surface area contributed by atoms with Crippen molar-refractivity contribution in [3.63, 3.8) is 0 Å². The van der Waals surface area contributed by atoms with Gasteiger partial charge in [-0.05, 0) is 36.6 Å². The zero-order valence-corrected chi connectivity index (χ0v) is 13.1. The fourth-order valence-electron chi connectivity index (χ4n) is 2.24. The molecule has 1 aromatic heterocycles. The minimum Gasteiger partial charge on any atom is -0.508 e. The van der Waals surface area contributed by atoms with Gasteiger partial charge in [0.2, 0.25) is 0 Å². The van der Waals surface area contributed by atoms with Gasteiger partial charge >= 0.3 is 6.03 Å². The number of hydrogen-bond donors (Lipinski definition) is 4. The van der Waals surface area contributed by atoms with E-state index in [0.717, 1.165) is 5.56 Å². The molecule has 0 radical (unpaired) electrons. The lowest BCUT2D eigenvalue weighted by atomic mass is 10.1. The molecule has 23 heavy (non-hydrogen) atoms. The number of nitrogens with one attached hydrogen (secondary N) is 2. The zero-order valence-electron chi connectivity index (χ0n) is 13.1. The van der Waals surface area contributed by atoms with Gasteiger partial charge in [0.1, 0.15) is 5.75 Å². The van der Waals surface area contributed by atoms with Crippen molar-refractivity contribution >= 4 is 6.03 Å². The molecule has 7 heteroatoms. The van der Waals surface area contributed by atoms with Gasteiger partial charge in [0.05, 0.1) is 18.8 Å². The van der Waals surface area contributed by atoms with Gasteiger partial charge in [0, 0.05) is 19.3 Å². The van der Waals surface area contributed by atoms with Crippen LogP contribution in [0.3, 0.4) is 0 Å². The number of nitrogens with zero attached hydrogens (tertiary/aromatic N) is 2. The molecule has 124 valence electrons. The second-order valence-electron chi connectivity index (χ2n) is 5.24. The third-order valence-corrected chi connectivity index (χ3v) is 3.56. The van der Waals surface area contributed by atoms with E-state index in [0.29, 0.717) is 25.1 Å². The van der Waals surface area contributed by atoms with E-state index >= 15 is 0 Å². The molecule has 1 aromatic carbocycles. The first kappa shape index (κ1) is 16.8. The SMILES string of the molecule is CCN(C[C@@H](O)c1cccc(O)c1)C(=O)NCCc1cn[nH]c1. The first-order chi connectivity index (χ1) is 11.1. The Kier molecular flexibility index (Phi) is 5.99. The van der Waals surface area contributed by atoms with Gasteiger partial charge in [-0.1, -0.05) is 12.1 Å². The molecular weight excluding hydrogens is 296 g/mol. The molecule has 0 aliphatic carbocycles. The lowest BCUT2D eigenvalue weighted by Crippen LogP contribution is -2.42. The third kappa shape index (κ3) is 5.00. The number of rotatable bonds is 7. The highest BCUT2D eigenvalue weighted by atomic mass is 16.3. The lowest BCUT2D eigenvalue weighted by molar-refractivity contribution is 0.123. The summed E-state index contributed by atoms with van der Waals surface area (Å²) in [5.41, 5.74) is 1.60. The largest absolute Gasteiger partial charge is 0.508 e. The maximum atomic E-state index is 12.2. The van der Waals surface area contributed by atoms with Crippen molar-refractivity contribution < 1.29 is 15.0 Å². The number of amides is 2. The Hall–Kier alpha value is -2.54. The lowest BCUT2D eigenvalue weighted by Gasteiger charge is -2.24. The second-order valence-corrected chi connectivity index (χ2v) is 5.24. The topological polar surface area (TPSA) is 101 Å². The molecule has 0 fully saturated rings. The molecule has 7 nitrogen and oxygen atoms in total. The number of H-pyrrole nitrogens is 1. The first-order valence-electron chi connectivity index (χ1n) is 7.57. The Morgan fingerprint density at radius 3 is 2.96 bits per heavy atom. The number of aliphatic hydroxyl groups excluding tert-OH is 1. The average Bonchev–Trinajstić information content (AvgIpc) is 3.05. The van der Waals surface area contributed by atoms with Crippen LogP contribution in [0.4, 0.5) is 4.79 Å². The van der Waals surface area contributed by atoms with Gasteiger partial charge in [-0.15, -0.1) is 0 Å². The number of aliphatic hydroxyl groups is 1. The maximum Gasteiger partial charge on any atom is 0.317 e. The standard InChI is InChI=1S/C16H22N4O3/c1-2-20(11-15(22)13-4-3-5-14(21)8-13)16(23)17-7-6-12-9-18-19-10-12/h3-5,8-10,15,21-22H,2,6-7,11H2,1H3,(H,17,23)(H,18,19)/t15-/m1/s1. The Balaban J connectivity index is 1.84. The highest BCUT2D eigenvalue weighted by Crippen LogP contribution is 2.19. The van der Waals surface area contributed by atoms with Crippen molar-refractivity contribution in [2.24, 2.45) is 0 Å². The molecule has 0 unspecified atom stereocenters. The minimum absolute atomic E-state index is 0.0918. The smallest absolute Gasteiger partial charge is 0.317 e.